The number of amides is 1. The first-order valence-corrected chi connectivity index (χ1v) is 6.69. The van der Waals surface area contributed by atoms with Crippen molar-refractivity contribution in [2.75, 3.05) is 12.3 Å². The fraction of sp³-hybridized carbons (Fsp3) is 0.385. The Balaban J connectivity index is 2.00. The number of hydrogen-bond donors (Lipinski definition) is 3. The molecule has 0 aromatic carbocycles. The number of carbonyl (C=O) groups excluding carboxylic acids is 1. The SMILES string of the molecule is Cc1cc(C(F)(F)F)nc(CCNC(=O)c2nc(N)[nH]c2C)n1. The molecule has 2 aromatic rings. The van der Waals surface area contributed by atoms with E-state index in [4.69, 9.17) is 5.73 Å². The number of imidazole rings is 1. The molecule has 7 nitrogen and oxygen atoms in total. The Morgan fingerprint density at radius 1 is 1.30 bits per heavy atom. The van der Waals surface area contributed by atoms with Crippen LogP contribution in [0, 0.1) is 13.8 Å². The quantitative estimate of drug-likeness (QED) is 0.786. The number of nitrogen functional groups attached to an aromatic ring is 1. The smallest absolute Gasteiger partial charge is 0.369 e. The number of carbonyl (C=O) groups is 1. The average Bonchev–Trinajstić information content (AvgIpc) is 2.76. The molecular formula is C13H15F3N6O. The highest BCUT2D eigenvalue weighted by molar-refractivity contribution is 5.93. The van der Waals surface area contributed by atoms with Crippen molar-refractivity contribution in [3.63, 3.8) is 0 Å². The molecule has 0 unspecified atom stereocenters. The normalized spacial score (nSPS) is 11.5. The Kier molecular flexibility index (Phi) is 4.52. The van der Waals surface area contributed by atoms with Crippen molar-refractivity contribution in [1.82, 2.24) is 25.3 Å². The molecule has 0 bridgehead atoms. The highest BCUT2D eigenvalue weighted by Gasteiger charge is 2.33. The Hall–Kier alpha value is -2.65. The van der Waals surface area contributed by atoms with E-state index in [1.807, 2.05) is 0 Å². The van der Waals surface area contributed by atoms with Crippen molar-refractivity contribution in [2.45, 2.75) is 26.4 Å². The Morgan fingerprint density at radius 3 is 2.57 bits per heavy atom. The third-order valence-corrected chi connectivity index (χ3v) is 2.94. The lowest BCUT2D eigenvalue weighted by Gasteiger charge is -2.09. The summed E-state index contributed by atoms with van der Waals surface area (Å²) in [5.41, 5.74) is 5.30. The van der Waals surface area contributed by atoms with Crippen molar-refractivity contribution >= 4 is 11.9 Å². The van der Waals surface area contributed by atoms with Crippen molar-refractivity contribution in [3.05, 3.63) is 34.7 Å². The molecule has 2 aromatic heterocycles. The van der Waals surface area contributed by atoms with Crippen LogP contribution in [0.15, 0.2) is 6.07 Å². The molecule has 10 heteroatoms. The van der Waals surface area contributed by atoms with Crippen LogP contribution in [0.3, 0.4) is 0 Å². The molecule has 0 aliphatic rings. The van der Waals surface area contributed by atoms with Gasteiger partial charge in [-0.2, -0.15) is 13.2 Å². The fourth-order valence-electron chi connectivity index (χ4n) is 1.96. The van der Waals surface area contributed by atoms with Gasteiger partial charge in [0.05, 0.1) is 0 Å². The van der Waals surface area contributed by atoms with Gasteiger partial charge in [-0.3, -0.25) is 4.79 Å². The number of nitrogens with two attached hydrogens (primary N) is 1. The maximum absolute atomic E-state index is 12.7. The number of aromatic nitrogens is 4. The van der Waals surface area contributed by atoms with Gasteiger partial charge < -0.3 is 16.0 Å². The van der Waals surface area contributed by atoms with E-state index in [0.29, 0.717) is 5.69 Å². The van der Waals surface area contributed by atoms with E-state index in [9.17, 15) is 18.0 Å². The average molecular weight is 328 g/mol. The van der Waals surface area contributed by atoms with Crippen LogP contribution in [0.1, 0.15) is 33.4 Å². The minimum absolute atomic E-state index is 0.0101. The molecule has 0 fully saturated rings. The van der Waals surface area contributed by atoms with Gasteiger partial charge in [0.15, 0.2) is 11.6 Å². The molecule has 0 saturated heterocycles. The van der Waals surface area contributed by atoms with Gasteiger partial charge >= 0.3 is 6.18 Å². The first-order chi connectivity index (χ1) is 10.7. The molecular weight excluding hydrogens is 313 g/mol. The highest BCUT2D eigenvalue weighted by Crippen LogP contribution is 2.27. The van der Waals surface area contributed by atoms with E-state index in [0.717, 1.165) is 6.07 Å². The van der Waals surface area contributed by atoms with Crippen LogP contribution in [-0.4, -0.2) is 32.4 Å². The minimum atomic E-state index is -4.53. The van der Waals surface area contributed by atoms with E-state index < -0.39 is 17.8 Å². The van der Waals surface area contributed by atoms with Gasteiger partial charge in [-0.05, 0) is 19.9 Å². The Morgan fingerprint density at radius 2 is 2.00 bits per heavy atom. The number of alkyl halides is 3. The second-order valence-electron chi connectivity index (χ2n) is 4.91. The summed E-state index contributed by atoms with van der Waals surface area (Å²) in [6.45, 7) is 3.16. The van der Waals surface area contributed by atoms with E-state index >= 15 is 0 Å². The number of hydrogen-bond acceptors (Lipinski definition) is 5. The van der Waals surface area contributed by atoms with Gasteiger partial charge in [-0.25, -0.2) is 15.0 Å². The van der Waals surface area contributed by atoms with Crippen LogP contribution < -0.4 is 11.1 Å². The van der Waals surface area contributed by atoms with Gasteiger partial charge in [0, 0.05) is 24.4 Å². The van der Waals surface area contributed by atoms with Crippen LogP contribution in [-0.2, 0) is 12.6 Å². The molecule has 2 rings (SSSR count). The number of anilines is 1. The zero-order valence-electron chi connectivity index (χ0n) is 12.5. The summed E-state index contributed by atoms with van der Waals surface area (Å²) in [5.74, 6) is -0.348. The topological polar surface area (TPSA) is 110 Å². The van der Waals surface area contributed by atoms with Crippen molar-refractivity contribution < 1.29 is 18.0 Å². The minimum Gasteiger partial charge on any atom is -0.369 e. The summed E-state index contributed by atoms with van der Waals surface area (Å²) in [6.07, 6.45) is -4.47. The van der Waals surface area contributed by atoms with Crippen LogP contribution in [0.25, 0.3) is 0 Å². The summed E-state index contributed by atoms with van der Waals surface area (Å²) >= 11 is 0. The van der Waals surface area contributed by atoms with Crippen molar-refractivity contribution in [1.29, 1.82) is 0 Å². The first-order valence-electron chi connectivity index (χ1n) is 6.69. The molecule has 0 saturated carbocycles. The fourth-order valence-corrected chi connectivity index (χ4v) is 1.96. The second-order valence-corrected chi connectivity index (χ2v) is 4.91. The predicted molar refractivity (Wildman–Crippen MR) is 75.5 cm³/mol. The molecule has 1 amide bonds. The molecule has 2 heterocycles. The molecule has 0 radical (unpaired) electrons. The molecule has 124 valence electrons. The summed E-state index contributed by atoms with van der Waals surface area (Å²) in [6, 6.07) is 0.873. The molecule has 0 atom stereocenters. The van der Waals surface area contributed by atoms with Crippen LogP contribution in [0.5, 0.6) is 0 Å². The van der Waals surface area contributed by atoms with E-state index in [-0.39, 0.29) is 36.1 Å². The second kappa shape index (κ2) is 6.23. The molecule has 4 N–H and O–H groups in total. The van der Waals surface area contributed by atoms with E-state index in [2.05, 4.69) is 25.3 Å². The number of aryl methyl sites for hydroxylation is 2. The number of H-pyrrole nitrogens is 1. The number of nitrogens with one attached hydrogen (secondary N) is 2. The number of halogens is 3. The van der Waals surface area contributed by atoms with Gasteiger partial charge in [0.2, 0.25) is 0 Å². The summed E-state index contributed by atoms with van der Waals surface area (Å²) < 4.78 is 38.0. The summed E-state index contributed by atoms with van der Waals surface area (Å²) in [7, 11) is 0. The van der Waals surface area contributed by atoms with Crippen molar-refractivity contribution in [2.24, 2.45) is 0 Å². The number of nitrogens with zero attached hydrogens (tertiary/aromatic N) is 3. The van der Waals surface area contributed by atoms with Gasteiger partial charge in [-0.1, -0.05) is 0 Å². The molecule has 23 heavy (non-hydrogen) atoms. The number of aromatic amines is 1. The standard InChI is InChI=1S/C13H15F3N6O/c1-6-5-8(13(14,15)16)21-9(19-6)3-4-18-11(23)10-7(2)20-12(17)22-10/h5H,3-4H2,1-2H3,(H,18,23)(H3,17,20,22). The zero-order valence-corrected chi connectivity index (χ0v) is 12.5. The summed E-state index contributed by atoms with van der Waals surface area (Å²) in [5, 5.41) is 2.54. The Labute approximate surface area is 129 Å². The van der Waals surface area contributed by atoms with Crippen LogP contribution >= 0.6 is 0 Å². The highest BCUT2D eigenvalue weighted by atomic mass is 19.4. The zero-order chi connectivity index (χ0) is 17.2. The van der Waals surface area contributed by atoms with Crippen molar-refractivity contribution in [3.8, 4) is 0 Å². The monoisotopic (exact) mass is 328 g/mol. The third kappa shape index (κ3) is 4.18. The first kappa shape index (κ1) is 16.7. The molecule has 0 aliphatic carbocycles. The largest absolute Gasteiger partial charge is 0.433 e. The van der Waals surface area contributed by atoms with Crippen LogP contribution in [0.2, 0.25) is 0 Å². The van der Waals surface area contributed by atoms with Gasteiger partial charge in [-0.15, -0.1) is 0 Å². The lowest BCUT2D eigenvalue weighted by molar-refractivity contribution is -0.141. The third-order valence-electron chi connectivity index (χ3n) is 2.94. The van der Waals surface area contributed by atoms with Gasteiger partial charge in [0.25, 0.3) is 5.91 Å². The lowest BCUT2D eigenvalue weighted by Crippen LogP contribution is -2.27. The van der Waals surface area contributed by atoms with Crippen LogP contribution in [0.4, 0.5) is 19.1 Å². The van der Waals surface area contributed by atoms with E-state index in [1.54, 1.807) is 6.92 Å². The maximum atomic E-state index is 12.7. The Bertz CT molecular complexity index is 725. The molecule has 0 aliphatic heterocycles. The lowest BCUT2D eigenvalue weighted by atomic mass is 10.3. The summed E-state index contributed by atoms with van der Waals surface area (Å²) in [4.78, 5) is 25.8. The predicted octanol–water partition coefficient (Wildman–Crippen LogP) is 1.39. The molecule has 0 spiro atoms. The number of rotatable bonds is 4. The van der Waals surface area contributed by atoms with E-state index in [1.165, 1.54) is 6.92 Å². The maximum Gasteiger partial charge on any atom is 0.433 e. The van der Waals surface area contributed by atoms with Gasteiger partial charge in [0.1, 0.15) is 11.5 Å².